The van der Waals surface area contributed by atoms with Gasteiger partial charge in [-0.3, -0.25) is 4.79 Å². The number of terminal acetylenes is 1. The lowest BCUT2D eigenvalue weighted by Crippen LogP contribution is -2.23. The van der Waals surface area contributed by atoms with Crippen LogP contribution in [-0.4, -0.2) is 12.1 Å². The second-order valence-electron chi connectivity index (χ2n) is 2.31. The van der Waals surface area contributed by atoms with Gasteiger partial charge in [-0.1, -0.05) is 0 Å². The summed E-state index contributed by atoms with van der Waals surface area (Å²) in [5.41, 5.74) is -1.01. The number of ketones is 1. The molecule has 0 spiro atoms. The van der Waals surface area contributed by atoms with E-state index < -0.39 is 11.2 Å². The molecule has 0 aromatic rings. The zero-order valence-electron chi connectivity index (χ0n) is 5.47. The summed E-state index contributed by atoms with van der Waals surface area (Å²) >= 11 is 0. The van der Waals surface area contributed by atoms with Crippen molar-refractivity contribution in [2.75, 3.05) is 0 Å². The number of hydrogen-bond acceptors (Lipinski definition) is 2. The van der Waals surface area contributed by atoms with Crippen molar-refractivity contribution < 1.29 is 9.59 Å². The largest absolute Gasteiger partial charge is 0.302 e. The van der Waals surface area contributed by atoms with Gasteiger partial charge < -0.3 is 4.79 Å². The van der Waals surface area contributed by atoms with E-state index in [1.807, 2.05) is 5.92 Å². The molecule has 0 bridgehead atoms. The molecule has 0 amide bonds. The van der Waals surface area contributed by atoms with E-state index in [4.69, 9.17) is 6.42 Å². The molecule has 0 saturated heterocycles. The van der Waals surface area contributed by atoms with E-state index in [0.29, 0.717) is 6.29 Å². The molecule has 0 aromatic heterocycles. The number of Topliss-reactive ketones (excluding diaryl/α,β-unsaturated/α-hetero) is 1. The normalized spacial score (nSPS) is 9.89. The van der Waals surface area contributed by atoms with Crippen LogP contribution in [0.3, 0.4) is 0 Å². The van der Waals surface area contributed by atoms with Gasteiger partial charge in [-0.2, -0.15) is 0 Å². The third-order valence-corrected chi connectivity index (χ3v) is 1.01. The Morgan fingerprint density at radius 3 is 2.22 bits per heavy atom. The fourth-order valence-corrected chi connectivity index (χ4v) is 0.240. The first-order chi connectivity index (χ1) is 4.04. The van der Waals surface area contributed by atoms with Crippen LogP contribution in [0.1, 0.15) is 13.8 Å². The first-order valence-electron chi connectivity index (χ1n) is 2.52. The van der Waals surface area contributed by atoms with Gasteiger partial charge in [0.1, 0.15) is 6.29 Å². The highest BCUT2D eigenvalue weighted by Crippen LogP contribution is 2.10. The van der Waals surface area contributed by atoms with Gasteiger partial charge >= 0.3 is 0 Å². The Hall–Kier alpha value is -1.10. The van der Waals surface area contributed by atoms with Crippen molar-refractivity contribution >= 4 is 12.1 Å². The van der Waals surface area contributed by atoms with Crippen LogP contribution in [0, 0.1) is 17.8 Å². The van der Waals surface area contributed by atoms with Crippen molar-refractivity contribution in [3.8, 4) is 12.3 Å². The van der Waals surface area contributed by atoms with Crippen LogP contribution in [0.25, 0.3) is 0 Å². The van der Waals surface area contributed by atoms with Crippen molar-refractivity contribution in [1.29, 1.82) is 0 Å². The van der Waals surface area contributed by atoms with Crippen LogP contribution in [0.4, 0.5) is 0 Å². The Labute approximate surface area is 54.3 Å². The van der Waals surface area contributed by atoms with Crippen molar-refractivity contribution in [1.82, 2.24) is 0 Å². The van der Waals surface area contributed by atoms with E-state index >= 15 is 0 Å². The van der Waals surface area contributed by atoms with E-state index in [1.165, 1.54) is 13.8 Å². The maximum atomic E-state index is 10.6. The molecular formula is C7H8O2. The molecule has 48 valence electrons. The molecule has 0 aliphatic heterocycles. The summed E-state index contributed by atoms with van der Waals surface area (Å²) in [5, 5.41) is 0. The van der Waals surface area contributed by atoms with E-state index in [1.54, 1.807) is 0 Å². The van der Waals surface area contributed by atoms with Crippen molar-refractivity contribution in [2.45, 2.75) is 13.8 Å². The molecule has 0 aromatic carbocycles. The molecule has 0 N–H and O–H groups in total. The van der Waals surface area contributed by atoms with E-state index in [-0.39, 0.29) is 0 Å². The Balaban J connectivity index is 4.37. The summed E-state index contributed by atoms with van der Waals surface area (Å²) in [7, 11) is 0. The van der Waals surface area contributed by atoms with Crippen LogP contribution >= 0.6 is 0 Å². The van der Waals surface area contributed by atoms with Crippen LogP contribution in [-0.2, 0) is 9.59 Å². The molecule has 0 rings (SSSR count). The van der Waals surface area contributed by atoms with Crippen molar-refractivity contribution in [3.05, 3.63) is 0 Å². The highest BCUT2D eigenvalue weighted by Gasteiger charge is 2.24. The van der Waals surface area contributed by atoms with Gasteiger partial charge in [0, 0.05) is 0 Å². The molecule has 0 atom stereocenters. The summed E-state index contributed by atoms with van der Waals surface area (Å²) in [4.78, 5) is 20.7. The Bertz CT molecular complexity index is 172. The van der Waals surface area contributed by atoms with Gasteiger partial charge in [-0.15, -0.1) is 6.42 Å². The number of aldehydes is 1. The maximum absolute atomic E-state index is 10.6. The van der Waals surface area contributed by atoms with Gasteiger partial charge in [0.2, 0.25) is 5.78 Å². The number of carbonyl (C=O) groups is 2. The molecular weight excluding hydrogens is 116 g/mol. The zero-order valence-corrected chi connectivity index (χ0v) is 5.47. The van der Waals surface area contributed by atoms with E-state index in [0.717, 1.165) is 0 Å². The van der Waals surface area contributed by atoms with E-state index in [9.17, 15) is 9.59 Å². The summed E-state index contributed by atoms with van der Waals surface area (Å²) in [5.74, 6) is 1.41. The first-order valence-corrected chi connectivity index (χ1v) is 2.52. The third kappa shape index (κ3) is 1.69. The summed E-state index contributed by atoms with van der Waals surface area (Å²) in [6, 6.07) is 0. The fourth-order valence-electron chi connectivity index (χ4n) is 0.240. The van der Waals surface area contributed by atoms with Crippen LogP contribution in [0.15, 0.2) is 0 Å². The average Bonchev–Trinajstić information content (AvgIpc) is 1.86. The first kappa shape index (κ1) is 7.90. The highest BCUT2D eigenvalue weighted by atomic mass is 16.1. The van der Waals surface area contributed by atoms with Crippen LogP contribution in [0.5, 0.6) is 0 Å². The Morgan fingerprint density at radius 2 is 2.11 bits per heavy atom. The molecule has 0 unspecified atom stereocenters. The number of carbonyl (C=O) groups excluding carboxylic acids is 2. The molecule has 0 saturated carbocycles. The second kappa shape index (κ2) is 2.45. The minimum absolute atomic E-state index is 0.475. The molecule has 0 fully saturated rings. The summed E-state index contributed by atoms with van der Waals surface area (Å²) in [6.07, 6.45) is 5.33. The van der Waals surface area contributed by atoms with Crippen LogP contribution in [0.2, 0.25) is 0 Å². The summed E-state index contributed by atoms with van der Waals surface area (Å²) < 4.78 is 0. The maximum Gasteiger partial charge on any atom is 0.217 e. The predicted molar refractivity (Wildman–Crippen MR) is 33.7 cm³/mol. The van der Waals surface area contributed by atoms with Gasteiger partial charge in [0.05, 0.1) is 5.41 Å². The predicted octanol–water partition coefficient (Wildman–Crippen LogP) is 0.414. The lowest BCUT2D eigenvalue weighted by molar-refractivity contribution is -0.128. The smallest absolute Gasteiger partial charge is 0.217 e. The monoisotopic (exact) mass is 124 g/mol. The minimum Gasteiger partial charge on any atom is -0.302 e. The fraction of sp³-hybridized carbons (Fsp3) is 0.429. The van der Waals surface area contributed by atoms with Gasteiger partial charge in [-0.25, -0.2) is 0 Å². The topological polar surface area (TPSA) is 34.1 Å². The Kier molecular flexibility index (Phi) is 2.15. The standard InChI is InChI=1S/C7H8O2/c1-4-6(9)7(2,3)5-8/h1,5H,2-3H3. The van der Waals surface area contributed by atoms with E-state index in [2.05, 4.69) is 0 Å². The van der Waals surface area contributed by atoms with Gasteiger partial charge in [0.15, 0.2) is 0 Å². The molecule has 0 radical (unpaired) electrons. The highest BCUT2D eigenvalue weighted by molar-refractivity contribution is 6.07. The second-order valence-corrected chi connectivity index (χ2v) is 2.31. The third-order valence-electron chi connectivity index (χ3n) is 1.01. The number of rotatable bonds is 2. The number of hydrogen-bond donors (Lipinski definition) is 0. The SMILES string of the molecule is C#CC(=O)C(C)(C)C=O. The van der Waals surface area contributed by atoms with Gasteiger partial charge in [-0.05, 0) is 19.8 Å². The average molecular weight is 124 g/mol. The zero-order chi connectivity index (χ0) is 7.49. The van der Waals surface area contributed by atoms with Crippen LogP contribution < -0.4 is 0 Å². The lowest BCUT2D eigenvalue weighted by atomic mass is 9.91. The summed E-state index contributed by atoms with van der Waals surface area (Å²) in [6.45, 7) is 2.98. The van der Waals surface area contributed by atoms with Gasteiger partial charge in [0.25, 0.3) is 0 Å². The molecule has 0 aliphatic carbocycles. The Morgan fingerprint density at radius 1 is 1.67 bits per heavy atom. The molecule has 2 nitrogen and oxygen atoms in total. The lowest BCUT2D eigenvalue weighted by Gasteiger charge is -2.08. The molecule has 0 heterocycles. The molecule has 2 heteroatoms. The molecule has 0 aliphatic rings. The minimum atomic E-state index is -1.01. The van der Waals surface area contributed by atoms with Crippen molar-refractivity contribution in [3.63, 3.8) is 0 Å². The quantitative estimate of drug-likeness (QED) is 0.231. The molecule has 9 heavy (non-hydrogen) atoms. The van der Waals surface area contributed by atoms with Crippen molar-refractivity contribution in [2.24, 2.45) is 5.41 Å².